The summed E-state index contributed by atoms with van der Waals surface area (Å²) in [7, 11) is 0. The van der Waals surface area contributed by atoms with E-state index in [1.165, 1.54) is 30.9 Å². The van der Waals surface area contributed by atoms with Gasteiger partial charge in [0, 0.05) is 24.5 Å². The fraction of sp³-hybridized carbons (Fsp3) is 0.800. The summed E-state index contributed by atoms with van der Waals surface area (Å²) in [5.41, 5.74) is 0. The summed E-state index contributed by atoms with van der Waals surface area (Å²) in [4.78, 5) is 4.39. The molecule has 0 amide bonds. The van der Waals surface area contributed by atoms with Crippen molar-refractivity contribution in [2.75, 3.05) is 25.0 Å². The molecule has 0 aromatic carbocycles. The van der Waals surface area contributed by atoms with Crippen LogP contribution >= 0.6 is 11.5 Å². The van der Waals surface area contributed by atoms with Crippen molar-refractivity contribution in [2.24, 2.45) is 5.92 Å². The molecule has 1 aliphatic heterocycles. The van der Waals surface area contributed by atoms with Gasteiger partial charge in [0.1, 0.15) is 5.82 Å². The molecule has 0 bridgehead atoms. The molecule has 15 heavy (non-hydrogen) atoms. The Morgan fingerprint density at radius 2 is 2.53 bits per heavy atom. The first-order valence-electron chi connectivity index (χ1n) is 5.65. The minimum atomic E-state index is 0.743. The molecule has 0 saturated carbocycles. The first-order valence-corrected chi connectivity index (χ1v) is 6.43. The summed E-state index contributed by atoms with van der Waals surface area (Å²) in [6.45, 7) is 5.41. The highest BCUT2D eigenvalue weighted by Crippen LogP contribution is 2.14. The number of nitrogens with zero attached hydrogens (tertiary/aromatic N) is 2. The predicted octanol–water partition coefficient (Wildman–Crippen LogP) is 1.51. The maximum atomic E-state index is 4.39. The number of hydrogen-bond donors (Lipinski definition) is 2. The molecule has 1 saturated heterocycles. The lowest BCUT2D eigenvalue weighted by atomic mass is 10.00. The molecule has 1 unspecified atom stereocenters. The van der Waals surface area contributed by atoms with E-state index in [-0.39, 0.29) is 0 Å². The second-order valence-electron chi connectivity index (χ2n) is 3.96. The molecule has 2 rings (SSSR count). The van der Waals surface area contributed by atoms with Gasteiger partial charge in [0.2, 0.25) is 5.13 Å². The predicted molar refractivity (Wildman–Crippen MR) is 63.4 cm³/mol. The van der Waals surface area contributed by atoms with Crippen molar-refractivity contribution < 1.29 is 0 Å². The number of hydrogen-bond acceptors (Lipinski definition) is 5. The lowest BCUT2D eigenvalue weighted by Crippen LogP contribution is -2.33. The first kappa shape index (κ1) is 10.8. The van der Waals surface area contributed by atoms with Gasteiger partial charge in [-0.25, -0.2) is 4.98 Å². The minimum Gasteiger partial charge on any atom is -0.360 e. The van der Waals surface area contributed by atoms with Crippen LogP contribution in [0.15, 0.2) is 0 Å². The topological polar surface area (TPSA) is 49.8 Å². The van der Waals surface area contributed by atoms with Crippen molar-refractivity contribution in [3.05, 3.63) is 5.82 Å². The van der Waals surface area contributed by atoms with E-state index in [1.807, 2.05) is 0 Å². The number of anilines is 1. The van der Waals surface area contributed by atoms with Crippen LogP contribution in [0.3, 0.4) is 0 Å². The number of aryl methyl sites for hydroxylation is 1. The van der Waals surface area contributed by atoms with Gasteiger partial charge in [-0.15, -0.1) is 0 Å². The molecule has 1 aromatic rings. The zero-order valence-corrected chi connectivity index (χ0v) is 9.94. The SMILES string of the molecule is CCc1nsc(NCC2CCCNC2)n1. The average Bonchev–Trinajstić information content (AvgIpc) is 2.76. The summed E-state index contributed by atoms with van der Waals surface area (Å²) in [5.74, 6) is 1.69. The summed E-state index contributed by atoms with van der Waals surface area (Å²) >= 11 is 1.47. The van der Waals surface area contributed by atoms with Crippen LogP contribution < -0.4 is 10.6 Å². The Morgan fingerprint density at radius 3 is 3.20 bits per heavy atom. The Hall–Kier alpha value is -0.680. The first-order chi connectivity index (χ1) is 7.38. The van der Waals surface area contributed by atoms with E-state index < -0.39 is 0 Å². The molecule has 1 fully saturated rings. The zero-order valence-electron chi connectivity index (χ0n) is 9.12. The summed E-state index contributed by atoms with van der Waals surface area (Å²) in [6, 6.07) is 0. The Kier molecular flexibility index (Phi) is 3.91. The molecule has 0 spiro atoms. The van der Waals surface area contributed by atoms with Crippen LogP contribution in [0.1, 0.15) is 25.6 Å². The molecular weight excluding hydrogens is 208 g/mol. The van der Waals surface area contributed by atoms with E-state index in [9.17, 15) is 0 Å². The Balaban J connectivity index is 1.76. The van der Waals surface area contributed by atoms with Gasteiger partial charge in [0.25, 0.3) is 0 Å². The third kappa shape index (κ3) is 3.14. The lowest BCUT2D eigenvalue weighted by Gasteiger charge is -2.22. The third-order valence-electron chi connectivity index (χ3n) is 2.73. The maximum Gasteiger partial charge on any atom is 0.202 e. The van der Waals surface area contributed by atoms with Gasteiger partial charge in [-0.1, -0.05) is 6.92 Å². The second kappa shape index (κ2) is 5.42. The van der Waals surface area contributed by atoms with Crippen molar-refractivity contribution in [2.45, 2.75) is 26.2 Å². The van der Waals surface area contributed by atoms with E-state index in [0.717, 1.165) is 36.4 Å². The van der Waals surface area contributed by atoms with Crippen molar-refractivity contribution >= 4 is 16.7 Å². The second-order valence-corrected chi connectivity index (χ2v) is 4.71. The molecule has 2 heterocycles. The maximum absolute atomic E-state index is 4.39. The van der Waals surface area contributed by atoms with E-state index in [1.54, 1.807) is 0 Å². The number of aromatic nitrogens is 2. The number of nitrogens with one attached hydrogen (secondary N) is 2. The van der Waals surface area contributed by atoms with E-state index in [2.05, 4.69) is 26.9 Å². The minimum absolute atomic E-state index is 0.743. The highest BCUT2D eigenvalue weighted by atomic mass is 32.1. The molecule has 1 aliphatic rings. The average molecular weight is 226 g/mol. The number of rotatable bonds is 4. The fourth-order valence-corrected chi connectivity index (χ4v) is 2.46. The third-order valence-corrected chi connectivity index (χ3v) is 3.44. The quantitative estimate of drug-likeness (QED) is 0.817. The van der Waals surface area contributed by atoms with Gasteiger partial charge in [0.15, 0.2) is 0 Å². The zero-order chi connectivity index (χ0) is 10.5. The van der Waals surface area contributed by atoms with Crippen LogP contribution in [0.4, 0.5) is 5.13 Å². The van der Waals surface area contributed by atoms with Crippen molar-refractivity contribution in [1.82, 2.24) is 14.7 Å². The smallest absolute Gasteiger partial charge is 0.202 e. The highest BCUT2D eigenvalue weighted by molar-refractivity contribution is 7.09. The molecule has 5 heteroatoms. The molecule has 4 nitrogen and oxygen atoms in total. The van der Waals surface area contributed by atoms with Gasteiger partial charge in [-0.3, -0.25) is 0 Å². The van der Waals surface area contributed by atoms with Crippen LogP contribution in [0.25, 0.3) is 0 Å². The fourth-order valence-electron chi connectivity index (χ4n) is 1.80. The van der Waals surface area contributed by atoms with E-state index in [0.29, 0.717) is 0 Å². The van der Waals surface area contributed by atoms with Crippen LogP contribution in [-0.4, -0.2) is 29.0 Å². The summed E-state index contributed by atoms with van der Waals surface area (Å²) in [6.07, 6.45) is 3.53. The molecule has 1 aromatic heterocycles. The van der Waals surface area contributed by atoms with E-state index in [4.69, 9.17) is 0 Å². The molecule has 1 atom stereocenters. The molecule has 84 valence electrons. The van der Waals surface area contributed by atoms with Crippen LogP contribution in [-0.2, 0) is 6.42 Å². The van der Waals surface area contributed by atoms with Gasteiger partial charge in [-0.05, 0) is 31.8 Å². The van der Waals surface area contributed by atoms with Crippen molar-refractivity contribution in [3.63, 3.8) is 0 Å². The van der Waals surface area contributed by atoms with Crippen LogP contribution in [0.2, 0.25) is 0 Å². The summed E-state index contributed by atoms with van der Waals surface area (Å²) < 4.78 is 4.25. The van der Waals surface area contributed by atoms with Crippen molar-refractivity contribution in [1.29, 1.82) is 0 Å². The molecular formula is C10H18N4S. The molecule has 0 aliphatic carbocycles. The number of piperidine rings is 1. The van der Waals surface area contributed by atoms with Gasteiger partial charge >= 0.3 is 0 Å². The normalized spacial score (nSPS) is 21.5. The van der Waals surface area contributed by atoms with Crippen LogP contribution in [0.5, 0.6) is 0 Å². The highest BCUT2D eigenvalue weighted by Gasteiger charge is 2.13. The van der Waals surface area contributed by atoms with Crippen LogP contribution in [0, 0.1) is 5.92 Å². The Bertz CT molecular complexity index is 293. The summed E-state index contributed by atoms with van der Waals surface area (Å²) in [5, 5.41) is 7.76. The molecule has 2 N–H and O–H groups in total. The van der Waals surface area contributed by atoms with E-state index >= 15 is 0 Å². The molecule has 0 radical (unpaired) electrons. The standard InChI is InChI=1S/C10H18N4S/c1-2-9-13-10(15-14-9)12-7-8-4-3-5-11-6-8/h8,11H,2-7H2,1H3,(H,12,13,14). The van der Waals surface area contributed by atoms with Gasteiger partial charge < -0.3 is 10.6 Å². The largest absolute Gasteiger partial charge is 0.360 e. The van der Waals surface area contributed by atoms with Crippen molar-refractivity contribution in [3.8, 4) is 0 Å². The monoisotopic (exact) mass is 226 g/mol. The van der Waals surface area contributed by atoms with Gasteiger partial charge in [-0.2, -0.15) is 4.37 Å². The Labute approximate surface area is 94.7 Å². The lowest BCUT2D eigenvalue weighted by molar-refractivity contribution is 0.393. The van der Waals surface area contributed by atoms with Gasteiger partial charge in [0.05, 0.1) is 0 Å². The Morgan fingerprint density at radius 1 is 1.60 bits per heavy atom.